The Bertz CT molecular complexity index is 1820. The first kappa shape index (κ1) is 46.5. The van der Waals surface area contributed by atoms with Crippen molar-refractivity contribution in [2.75, 3.05) is 13.2 Å². The minimum atomic E-state index is -2.79. The third kappa shape index (κ3) is 10.9. The van der Waals surface area contributed by atoms with Crippen LogP contribution in [0.5, 0.6) is 0 Å². The summed E-state index contributed by atoms with van der Waals surface area (Å²) in [5.41, 5.74) is 1.04. The van der Waals surface area contributed by atoms with Crippen LogP contribution in [0, 0.1) is 0 Å². The van der Waals surface area contributed by atoms with E-state index in [1.54, 1.807) is 0 Å². The second-order valence-electron chi connectivity index (χ2n) is 20.5. The summed E-state index contributed by atoms with van der Waals surface area (Å²) in [6, 6.07) is 31.7. The number of hydrogen-bond donors (Lipinski definition) is 1. The van der Waals surface area contributed by atoms with Crippen molar-refractivity contribution < 1.29 is 42.4 Å². The van der Waals surface area contributed by atoms with Gasteiger partial charge >= 0.3 is 0 Å². The van der Waals surface area contributed by atoms with Crippen molar-refractivity contribution in [3.8, 4) is 0 Å². The fourth-order valence-corrected chi connectivity index (χ4v) is 15.1. The highest BCUT2D eigenvalue weighted by molar-refractivity contribution is 6.99. The lowest BCUT2D eigenvalue weighted by molar-refractivity contribution is -0.289. The molecule has 4 aliphatic heterocycles. The summed E-state index contributed by atoms with van der Waals surface area (Å²) in [5.74, 6) is -0.549. The van der Waals surface area contributed by atoms with Crippen molar-refractivity contribution in [1.82, 2.24) is 0 Å². The topological polar surface area (TPSA) is 97.4 Å². The zero-order chi connectivity index (χ0) is 43.6. The number of aliphatic hydroxyl groups excluding tert-OH is 1. The van der Waals surface area contributed by atoms with Gasteiger partial charge < -0.3 is 42.4 Å². The Morgan fingerprint density at radius 2 is 1.41 bits per heavy atom. The molecule has 0 unspecified atom stereocenters. The zero-order valence-corrected chi connectivity index (χ0v) is 40.3. The highest BCUT2D eigenvalue weighted by atomic mass is 28.4. The number of ether oxygens (including phenoxy) is 6. The molecule has 4 saturated heterocycles. The molecule has 0 aromatic heterocycles. The Labute approximate surface area is 367 Å². The number of hydrogen-bond acceptors (Lipinski definition) is 9. The van der Waals surface area contributed by atoms with Crippen LogP contribution in [-0.4, -0.2) is 102 Å². The van der Waals surface area contributed by atoms with Gasteiger partial charge in [0, 0.05) is 19.4 Å². The molecule has 4 heterocycles. The summed E-state index contributed by atoms with van der Waals surface area (Å²) in [6.07, 6.45) is 3.51. The second kappa shape index (κ2) is 18.9. The molecular weight excluding hydrogens is 801 g/mol. The third-order valence-corrected chi connectivity index (χ3v) is 23.1. The fourth-order valence-electron chi connectivity index (χ4n) is 9.20. The van der Waals surface area contributed by atoms with E-state index in [1.165, 1.54) is 10.4 Å². The zero-order valence-electron chi connectivity index (χ0n) is 38.3. The van der Waals surface area contributed by atoms with Gasteiger partial charge in [-0.05, 0) is 65.8 Å². The summed E-state index contributed by atoms with van der Waals surface area (Å²) < 4.78 is 53.2. The van der Waals surface area contributed by atoms with Crippen LogP contribution in [0.1, 0.15) is 86.6 Å². The van der Waals surface area contributed by atoms with Gasteiger partial charge in [-0.1, -0.05) is 145 Å². The second-order valence-corrected chi connectivity index (χ2v) is 29.6. The Morgan fingerprint density at radius 3 is 1.98 bits per heavy atom. The lowest BCUT2D eigenvalue weighted by Crippen LogP contribution is -2.67. The maximum Gasteiger partial charge on any atom is 0.261 e. The van der Waals surface area contributed by atoms with Crippen LogP contribution in [0.15, 0.2) is 103 Å². The molecule has 4 aliphatic rings. The normalized spacial score (nSPS) is 30.7. The lowest BCUT2D eigenvalue weighted by Gasteiger charge is -2.52. The van der Waals surface area contributed by atoms with E-state index in [9.17, 15) is 5.11 Å². The first-order valence-electron chi connectivity index (χ1n) is 22.6. The number of epoxide rings is 1. The predicted octanol–water partition coefficient (Wildman–Crippen LogP) is 8.47. The highest BCUT2D eigenvalue weighted by Crippen LogP contribution is 2.43. The molecule has 0 radical (unpaired) electrons. The van der Waals surface area contributed by atoms with E-state index in [-0.39, 0.29) is 46.7 Å². The van der Waals surface area contributed by atoms with E-state index in [1.807, 2.05) is 32.0 Å². The van der Waals surface area contributed by atoms with Gasteiger partial charge in [-0.3, -0.25) is 0 Å². The summed E-state index contributed by atoms with van der Waals surface area (Å²) in [6.45, 7) is 23.7. The average molecular weight is 873 g/mol. The van der Waals surface area contributed by atoms with Gasteiger partial charge in [0.15, 0.2) is 14.1 Å². The van der Waals surface area contributed by atoms with Crippen LogP contribution >= 0.6 is 0 Å². The standard InChI is InChI=1S/C50H72O9Si2/c1-48(2,3)60(9,10)59-43-32-44-46(57-40(43)29-30-54-61(49(4,5)6,37-23-16-12-17-24-37)38-25-18-13-19-26-38)47(52-33-35-21-14-11-15-22-35)45(51)41(56-44)28-20-27-39-42(55-39)31-36-34-53-50(7,8)58-36/h11-27,36,39-47,51H,28-34H2,1-10H3/b27-20-/t36-,39-,40+,41-,42+,43-,44+,45-,46+,47+/m0/s1. The molecule has 3 aromatic carbocycles. The minimum Gasteiger partial charge on any atom is -0.411 e. The quantitative estimate of drug-likeness (QED) is 0.0865. The first-order chi connectivity index (χ1) is 28.9. The number of rotatable bonds is 16. The van der Waals surface area contributed by atoms with Gasteiger partial charge in [0.05, 0.1) is 49.8 Å². The molecule has 10 atom stereocenters. The number of fused-ring (bicyclic) bond motifs is 1. The molecule has 0 aliphatic carbocycles. The molecule has 0 saturated carbocycles. The summed E-state index contributed by atoms with van der Waals surface area (Å²) in [7, 11) is -5.05. The molecule has 11 heteroatoms. The monoisotopic (exact) mass is 872 g/mol. The van der Waals surface area contributed by atoms with E-state index >= 15 is 0 Å². The SMILES string of the molecule is CC1(C)OC[C@H](C[C@H]2O[C@H]2/C=C\C[C@@H]2O[C@@H]3C[C@H](O[Si](C)(C)C(C)(C)C)[C@@H](CCO[Si](c4ccccc4)(c4ccccc4)C(C)(C)C)O[C@H]3[C@H](OCc3ccccc3)[C@H]2O)O1. The Hall–Kier alpha value is -2.53. The molecule has 1 N–H and O–H groups in total. The predicted molar refractivity (Wildman–Crippen MR) is 245 cm³/mol. The van der Waals surface area contributed by atoms with E-state index in [2.05, 4.69) is 140 Å². The molecule has 4 fully saturated rings. The van der Waals surface area contributed by atoms with Crippen LogP contribution in [0.4, 0.5) is 0 Å². The maximum absolute atomic E-state index is 12.1. The molecule has 9 nitrogen and oxygen atoms in total. The molecule has 0 amide bonds. The van der Waals surface area contributed by atoms with Crippen LogP contribution in [-0.2, 0) is 43.9 Å². The summed E-state index contributed by atoms with van der Waals surface area (Å²) in [5, 5.41) is 14.4. The molecule has 61 heavy (non-hydrogen) atoms. The van der Waals surface area contributed by atoms with E-state index in [0.29, 0.717) is 39.1 Å². The van der Waals surface area contributed by atoms with E-state index in [4.69, 9.17) is 37.3 Å². The van der Waals surface area contributed by atoms with Gasteiger partial charge in [0.1, 0.15) is 24.4 Å². The summed E-state index contributed by atoms with van der Waals surface area (Å²) in [4.78, 5) is 0. The molecule has 3 aromatic rings. The van der Waals surface area contributed by atoms with Crippen molar-refractivity contribution in [3.63, 3.8) is 0 Å². The Kier molecular flexibility index (Phi) is 14.4. The fraction of sp³-hybridized carbons (Fsp3) is 0.600. The molecule has 7 rings (SSSR count). The number of aliphatic hydroxyl groups is 1. The van der Waals surface area contributed by atoms with Crippen LogP contribution in [0.2, 0.25) is 23.2 Å². The van der Waals surface area contributed by atoms with Crippen LogP contribution in [0.3, 0.4) is 0 Å². The van der Waals surface area contributed by atoms with Crippen LogP contribution < -0.4 is 10.4 Å². The Balaban J connectivity index is 1.12. The van der Waals surface area contributed by atoms with E-state index < -0.39 is 46.8 Å². The van der Waals surface area contributed by atoms with Crippen molar-refractivity contribution in [2.24, 2.45) is 0 Å². The smallest absolute Gasteiger partial charge is 0.261 e. The largest absolute Gasteiger partial charge is 0.411 e. The Morgan fingerprint density at radius 1 is 0.787 bits per heavy atom. The lowest BCUT2D eigenvalue weighted by atomic mass is 9.86. The molecule has 0 spiro atoms. The van der Waals surface area contributed by atoms with Crippen molar-refractivity contribution in [1.29, 1.82) is 0 Å². The van der Waals surface area contributed by atoms with E-state index in [0.717, 1.165) is 12.0 Å². The molecule has 334 valence electrons. The highest BCUT2D eigenvalue weighted by Gasteiger charge is 2.54. The average Bonchev–Trinajstić information content (AvgIpc) is 3.85. The van der Waals surface area contributed by atoms with Crippen molar-refractivity contribution in [2.45, 2.75) is 178 Å². The van der Waals surface area contributed by atoms with Gasteiger partial charge in [0.2, 0.25) is 0 Å². The van der Waals surface area contributed by atoms with Gasteiger partial charge in [0.25, 0.3) is 8.32 Å². The van der Waals surface area contributed by atoms with Gasteiger partial charge in [-0.25, -0.2) is 0 Å². The van der Waals surface area contributed by atoms with Gasteiger partial charge in [-0.2, -0.15) is 0 Å². The summed E-state index contributed by atoms with van der Waals surface area (Å²) >= 11 is 0. The van der Waals surface area contributed by atoms with Crippen molar-refractivity contribution >= 4 is 27.0 Å². The number of benzene rings is 3. The first-order valence-corrected chi connectivity index (χ1v) is 27.4. The molecular formula is C50H72O9Si2. The minimum absolute atomic E-state index is 0.00600. The third-order valence-electron chi connectivity index (χ3n) is 13.5. The maximum atomic E-state index is 12.1. The molecule has 0 bridgehead atoms. The van der Waals surface area contributed by atoms with Gasteiger partial charge in [-0.15, -0.1) is 0 Å². The van der Waals surface area contributed by atoms with Crippen LogP contribution in [0.25, 0.3) is 0 Å². The van der Waals surface area contributed by atoms with Crippen molar-refractivity contribution in [3.05, 3.63) is 109 Å².